The normalized spacial score (nSPS) is 19.6. The van der Waals surface area contributed by atoms with Crippen molar-refractivity contribution in [2.45, 2.75) is 32.2 Å². The van der Waals surface area contributed by atoms with Crippen LogP contribution >= 0.6 is 11.3 Å². The minimum absolute atomic E-state index is 0.0602. The lowest BCUT2D eigenvalue weighted by molar-refractivity contribution is -0.163. The van der Waals surface area contributed by atoms with Gasteiger partial charge < -0.3 is 10.1 Å². The zero-order chi connectivity index (χ0) is 14.5. The van der Waals surface area contributed by atoms with Crippen LogP contribution in [0.25, 0.3) is 0 Å². The molecule has 0 amide bonds. The van der Waals surface area contributed by atoms with E-state index in [0.29, 0.717) is 11.3 Å². The lowest BCUT2D eigenvalue weighted by Crippen LogP contribution is -2.35. The molecule has 1 saturated heterocycles. The van der Waals surface area contributed by atoms with Gasteiger partial charge in [-0.15, -0.1) is 11.3 Å². The first-order valence-electron chi connectivity index (χ1n) is 6.63. The third-order valence-corrected chi connectivity index (χ3v) is 4.15. The second-order valence-electron chi connectivity index (χ2n) is 4.89. The Morgan fingerprint density at radius 3 is 2.90 bits per heavy atom. The summed E-state index contributed by atoms with van der Waals surface area (Å²) < 4.78 is 4.83. The number of esters is 2. The minimum Gasteiger partial charge on any atom is -0.392 e. The van der Waals surface area contributed by atoms with E-state index >= 15 is 0 Å². The van der Waals surface area contributed by atoms with Crippen LogP contribution in [0.15, 0.2) is 17.5 Å². The number of rotatable bonds is 5. The molecule has 1 aliphatic rings. The quantitative estimate of drug-likeness (QED) is 0.509. The Hall–Kier alpha value is -1.53. The molecule has 0 radical (unpaired) electrons. The maximum absolute atomic E-state index is 11.9. The molecule has 1 N–H and O–H groups in total. The molecule has 2 rings (SSSR count). The van der Waals surface area contributed by atoms with Crippen molar-refractivity contribution in [3.05, 3.63) is 22.4 Å². The maximum atomic E-state index is 11.9. The van der Waals surface area contributed by atoms with Gasteiger partial charge in [-0.05, 0) is 30.8 Å². The van der Waals surface area contributed by atoms with Gasteiger partial charge in [-0.2, -0.15) is 0 Å². The maximum Gasteiger partial charge on any atom is 0.330 e. The number of ether oxygens (including phenoxy) is 1. The van der Waals surface area contributed by atoms with Gasteiger partial charge in [0, 0.05) is 6.42 Å². The van der Waals surface area contributed by atoms with Crippen LogP contribution < -0.4 is 5.32 Å². The summed E-state index contributed by atoms with van der Waals surface area (Å²) in [6.07, 6.45) is 1.65. The van der Waals surface area contributed by atoms with Crippen LogP contribution in [0.2, 0.25) is 0 Å². The molecule has 0 aliphatic carbocycles. The molecule has 2 heterocycles. The van der Waals surface area contributed by atoms with Gasteiger partial charge in [-0.1, -0.05) is 13.0 Å². The van der Waals surface area contributed by atoms with E-state index in [2.05, 4.69) is 5.32 Å². The Balaban J connectivity index is 1.82. The molecule has 2 atom stereocenters. The highest BCUT2D eigenvalue weighted by Crippen LogP contribution is 2.16. The van der Waals surface area contributed by atoms with E-state index in [1.165, 1.54) is 11.3 Å². The summed E-state index contributed by atoms with van der Waals surface area (Å²) in [5, 5.41) is 4.78. The molecule has 0 spiro atoms. The van der Waals surface area contributed by atoms with Crippen LogP contribution in [0.4, 0.5) is 0 Å². The molecule has 20 heavy (non-hydrogen) atoms. The molecule has 1 aromatic heterocycles. The number of Topliss-reactive ketones (excluding diaryl/α,β-unsaturated/α-hetero) is 1. The van der Waals surface area contributed by atoms with Gasteiger partial charge in [0.15, 0.2) is 5.78 Å². The molecular formula is C14H17NO4S. The van der Waals surface area contributed by atoms with Crippen LogP contribution in [0, 0.1) is 5.92 Å². The van der Waals surface area contributed by atoms with Crippen LogP contribution in [-0.2, 0) is 14.3 Å². The number of hydrogen-bond donors (Lipinski definition) is 1. The Bertz CT molecular complexity index is 491. The highest BCUT2D eigenvalue weighted by atomic mass is 32.1. The summed E-state index contributed by atoms with van der Waals surface area (Å²) in [5.41, 5.74) is 0. The van der Waals surface area contributed by atoms with E-state index in [9.17, 15) is 14.4 Å². The first kappa shape index (κ1) is 14.9. The molecule has 108 valence electrons. The molecule has 0 saturated carbocycles. The minimum atomic E-state index is -0.631. The van der Waals surface area contributed by atoms with Crippen LogP contribution in [0.1, 0.15) is 35.9 Å². The van der Waals surface area contributed by atoms with E-state index in [1.54, 1.807) is 19.1 Å². The van der Waals surface area contributed by atoms with Crippen molar-refractivity contribution in [3.8, 4) is 0 Å². The predicted molar refractivity (Wildman–Crippen MR) is 74.6 cm³/mol. The topological polar surface area (TPSA) is 72.5 Å². The SMILES string of the molecule is CC(CC(=O)c1cccs1)C(=O)OC(=O)[C@@H]1CCCN1. The lowest BCUT2D eigenvalue weighted by atomic mass is 10.0. The summed E-state index contributed by atoms with van der Waals surface area (Å²) in [6.45, 7) is 2.36. The van der Waals surface area contributed by atoms with Crippen molar-refractivity contribution in [3.63, 3.8) is 0 Å². The zero-order valence-electron chi connectivity index (χ0n) is 11.3. The summed E-state index contributed by atoms with van der Waals surface area (Å²) in [7, 11) is 0. The number of nitrogens with one attached hydrogen (secondary N) is 1. The average molecular weight is 295 g/mol. The van der Waals surface area contributed by atoms with Crippen molar-refractivity contribution in [2.24, 2.45) is 5.92 Å². The molecule has 1 aliphatic heterocycles. The Labute approximate surface area is 121 Å². The predicted octanol–water partition coefficient (Wildman–Crippen LogP) is 1.78. The summed E-state index contributed by atoms with van der Waals surface area (Å²) in [6, 6.07) is 3.12. The van der Waals surface area contributed by atoms with Gasteiger partial charge in [0.25, 0.3) is 0 Å². The van der Waals surface area contributed by atoms with E-state index < -0.39 is 17.9 Å². The summed E-state index contributed by atoms with van der Waals surface area (Å²) in [5.74, 6) is -1.89. The van der Waals surface area contributed by atoms with Gasteiger partial charge in [0.2, 0.25) is 0 Å². The third kappa shape index (κ3) is 3.74. The fraction of sp³-hybridized carbons (Fsp3) is 0.500. The monoisotopic (exact) mass is 295 g/mol. The fourth-order valence-corrected chi connectivity index (χ4v) is 2.73. The standard InChI is InChI=1S/C14H17NO4S/c1-9(8-11(16)12-5-3-7-20-12)13(17)19-14(18)10-4-2-6-15-10/h3,5,7,9-10,15H,2,4,6,8H2,1H3/t9?,10-/m0/s1. The van der Waals surface area contributed by atoms with Gasteiger partial charge in [-0.3, -0.25) is 9.59 Å². The number of carbonyl (C=O) groups is 3. The largest absolute Gasteiger partial charge is 0.392 e. The number of hydrogen-bond acceptors (Lipinski definition) is 6. The molecule has 5 nitrogen and oxygen atoms in total. The molecule has 1 unspecified atom stereocenters. The molecule has 0 aromatic carbocycles. The van der Waals surface area contributed by atoms with Crippen molar-refractivity contribution < 1.29 is 19.1 Å². The highest BCUT2D eigenvalue weighted by molar-refractivity contribution is 7.12. The Kier molecular flexibility index (Phi) is 5.03. The van der Waals surface area contributed by atoms with Crippen LogP contribution in [0.3, 0.4) is 0 Å². The Morgan fingerprint density at radius 1 is 1.50 bits per heavy atom. The first-order valence-corrected chi connectivity index (χ1v) is 7.51. The first-order chi connectivity index (χ1) is 9.58. The number of thiophene rings is 1. The van der Waals surface area contributed by atoms with Gasteiger partial charge in [-0.25, -0.2) is 4.79 Å². The molecule has 1 aromatic rings. The summed E-state index contributed by atoms with van der Waals surface area (Å²) >= 11 is 1.34. The molecule has 1 fully saturated rings. The van der Waals surface area contributed by atoms with Gasteiger partial charge in [0.05, 0.1) is 10.8 Å². The van der Waals surface area contributed by atoms with Crippen LogP contribution in [-0.4, -0.2) is 30.3 Å². The average Bonchev–Trinajstić information content (AvgIpc) is 3.11. The molecule has 6 heteroatoms. The van der Waals surface area contributed by atoms with Gasteiger partial charge in [0.1, 0.15) is 6.04 Å². The third-order valence-electron chi connectivity index (χ3n) is 3.24. The van der Waals surface area contributed by atoms with Crippen molar-refractivity contribution in [1.82, 2.24) is 5.32 Å². The smallest absolute Gasteiger partial charge is 0.330 e. The van der Waals surface area contributed by atoms with Crippen LogP contribution in [0.5, 0.6) is 0 Å². The van der Waals surface area contributed by atoms with E-state index in [0.717, 1.165) is 13.0 Å². The second-order valence-corrected chi connectivity index (χ2v) is 5.84. The van der Waals surface area contributed by atoms with Crippen molar-refractivity contribution in [2.75, 3.05) is 6.54 Å². The van der Waals surface area contributed by atoms with E-state index in [-0.39, 0.29) is 18.2 Å². The molecule has 0 bridgehead atoms. The van der Waals surface area contributed by atoms with Crippen molar-refractivity contribution in [1.29, 1.82) is 0 Å². The van der Waals surface area contributed by atoms with E-state index in [4.69, 9.17) is 4.74 Å². The van der Waals surface area contributed by atoms with Crippen molar-refractivity contribution >= 4 is 29.1 Å². The number of carbonyl (C=O) groups excluding carboxylic acids is 3. The van der Waals surface area contributed by atoms with Gasteiger partial charge >= 0.3 is 11.9 Å². The highest BCUT2D eigenvalue weighted by Gasteiger charge is 2.28. The molecular weight excluding hydrogens is 278 g/mol. The lowest BCUT2D eigenvalue weighted by Gasteiger charge is -2.12. The number of ketones is 1. The Morgan fingerprint density at radius 2 is 2.30 bits per heavy atom. The summed E-state index contributed by atoms with van der Waals surface area (Å²) in [4.78, 5) is 36.0. The zero-order valence-corrected chi connectivity index (χ0v) is 12.1. The second kappa shape index (κ2) is 6.76. The fourth-order valence-electron chi connectivity index (χ4n) is 2.06. The van der Waals surface area contributed by atoms with E-state index in [1.807, 2.05) is 5.38 Å².